The Morgan fingerprint density at radius 1 is 0.829 bits per heavy atom. The van der Waals surface area contributed by atoms with Crippen molar-refractivity contribution in [3.8, 4) is 6.01 Å². The van der Waals surface area contributed by atoms with Gasteiger partial charge in [0.2, 0.25) is 11.9 Å². The maximum Gasteiger partial charge on any atom is 0.422 e. The molecule has 0 spiro atoms. The van der Waals surface area contributed by atoms with E-state index in [1.54, 1.807) is 19.1 Å². The van der Waals surface area contributed by atoms with Crippen LogP contribution in [-0.4, -0.2) is 27.7 Å². The normalized spacial score (nSPS) is 12.5. The molecule has 0 amide bonds. The Morgan fingerprint density at radius 2 is 1.43 bits per heavy atom. The second-order valence-electron chi connectivity index (χ2n) is 6.95. The van der Waals surface area contributed by atoms with Crippen LogP contribution in [0.5, 0.6) is 6.01 Å². The fourth-order valence-electron chi connectivity index (χ4n) is 2.60. The number of nitrogens with zero attached hydrogens (tertiary/aromatic N) is 3. The van der Waals surface area contributed by atoms with E-state index in [0.29, 0.717) is 23.7 Å². The van der Waals surface area contributed by atoms with E-state index in [1.165, 1.54) is 0 Å². The summed E-state index contributed by atoms with van der Waals surface area (Å²) in [5.41, 5.74) is -3.97. The van der Waals surface area contributed by atoms with E-state index in [2.05, 4.69) is 30.3 Å². The topological polar surface area (TPSA) is 85.1 Å². The standard InChI is InChI=1S/C19H14F9N5O2/c1-9-2-3-13(35-9)7-29-14-31-15(33-16(32-14)34-8-17(20,21)22)30-12-5-10(18(23,24)25)4-11(6-12)19(26,27)28/h2-6H,7-8H2,1H3,(H2,29,30,31,32,33). The average Bonchev–Trinajstić information content (AvgIpc) is 3.14. The quantitative estimate of drug-likeness (QED) is 0.368. The molecular weight excluding hydrogens is 501 g/mol. The SMILES string of the molecule is Cc1ccc(CNc2nc(Nc3cc(C(F)(F)F)cc(C(F)(F)F)c3)nc(OCC(F)(F)F)n2)o1. The molecule has 2 heterocycles. The Morgan fingerprint density at radius 3 is 1.94 bits per heavy atom. The second kappa shape index (κ2) is 9.50. The van der Waals surface area contributed by atoms with Crippen molar-refractivity contribution in [1.29, 1.82) is 0 Å². The first-order valence-corrected chi connectivity index (χ1v) is 9.40. The maximum absolute atomic E-state index is 13.1. The van der Waals surface area contributed by atoms with Crippen LogP contribution in [0.25, 0.3) is 0 Å². The summed E-state index contributed by atoms with van der Waals surface area (Å²) in [5.74, 6) is -0.138. The molecule has 3 rings (SSSR count). The lowest BCUT2D eigenvalue weighted by Crippen LogP contribution is -2.21. The van der Waals surface area contributed by atoms with Gasteiger partial charge >= 0.3 is 24.5 Å². The summed E-state index contributed by atoms with van der Waals surface area (Å²) >= 11 is 0. The molecular formula is C19H14F9N5O2. The van der Waals surface area contributed by atoms with Gasteiger partial charge < -0.3 is 19.8 Å². The van der Waals surface area contributed by atoms with Gasteiger partial charge in [0.1, 0.15) is 11.5 Å². The highest BCUT2D eigenvalue weighted by Gasteiger charge is 2.37. The molecule has 0 fully saturated rings. The molecule has 16 heteroatoms. The molecule has 1 aromatic carbocycles. The number of hydrogen-bond acceptors (Lipinski definition) is 7. The van der Waals surface area contributed by atoms with Gasteiger partial charge in [-0.2, -0.15) is 54.5 Å². The van der Waals surface area contributed by atoms with E-state index in [0.717, 1.165) is 0 Å². The minimum absolute atomic E-state index is 0.0578. The van der Waals surface area contributed by atoms with Gasteiger partial charge in [-0.1, -0.05) is 0 Å². The van der Waals surface area contributed by atoms with Gasteiger partial charge in [-0.25, -0.2) is 0 Å². The predicted molar refractivity (Wildman–Crippen MR) is 102 cm³/mol. The summed E-state index contributed by atoms with van der Waals surface area (Å²) in [4.78, 5) is 10.9. The van der Waals surface area contributed by atoms with E-state index in [-0.39, 0.29) is 12.6 Å². The van der Waals surface area contributed by atoms with Crippen LogP contribution in [0.15, 0.2) is 34.7 Å². The highest BCUT2D eigenvalue weighted by atomic mass is 19.4. The van der Waals surface area contributed by atoms with Crippen molar-refractivity contribution < 1.29 is 48.7 Å². The second-order valence-corrected chi connectivity index (χ2v) is 6.95. The van der Waals surface area contributed by atoms with Gasteiger partial charge in [-0.3, -0.25) is 0 Å². The van der Waals surface area contributed by atoms with E-state index in [9.17, 15) is 39.5 Å². The molecule has 0 aliphatic carbocycles. The Bertz CT molecular complexity index is 1140. The van der Waals surface area contributed by atoms with Crippen LogP contribution in [0.2, 0.25) is 0 Å². The number of rotatable bonds is 7. The fraction of sp³-hybridized carbons (Fsp3) is 0.316. The molecule has 2 N–H and O–H groups in total. The minimum atomic E-state index is -5.12. The van der Waals surface area contributed by atoms with E-state index < -0.39 is 59.9 Å². The molecule has 0 radical (unpaired) electrons. The first kappa shape index (κ1) is 25.9. The number of aromatic nitrogens is 3. The Hall–Kier alpha value is -3.72. The van der Waals surface area contributed by atoms with E-state index >= 15 is 0 Å². The highest BCUT2D eigenvalue weighted by Crippen LogP contribution is 2.38. The van der Waals surface area contributed by atoms with Crippen molar-refractivity contribution in [2.24, 2.45) is 0 Å². The molecule has 0 atom stereocenters. The number of aryl methyl sites for hydroxylation is 1. The van der Waals surface area contributed by atoms with Crippen LogP contribution in [0.3, 0.4) is 0 Å². The van der Waals surface area contributed by atoms with Gasteiger partial charge in [0.05, 0.1) is 17.7 Å². The lowest BCUT2D eigenvalue weighted by atomic mass is 10.1. The largest absolute Gasteiger partial charge is 0.465 e. The van der Waals surface area contributed by atoms with Gasteiger partial charge in [0.25, 0.3) is 0 Å². The van der Waals surface area contributed by atoms with Crippen molar-refractivity contribution in [1.82, 2.24) is 15.0 Å². The van der Waals surface area contributed by atoms with Crippen LogP contribution < -0.4 is 15.4 Å². The summed E-state index contributed by atoms with van der Waals surface area (Å²) in [6.07, 6.45) is -15.0. The summed E-state index contributed by atoms with van der Waals surface area (Å²) < 4.78 is 126. The fourth-order valence-corrected chi connectivity index (χ4v) is 2.60. The number of halogens is 9. The lowest BCUT2D eigenvalue weighted by Gasteiger charge is -2.15. The number of anilines is 3. The van der Waals surface area contributed by atoms with E-state index in [4.69, 9.17) is 4.42 Å². The van der Waals surface area contributed by atoms with E-state index in [1.807, 2.05) is 0 Å². The Labute approximate surface area is 190 Å². The first-order chi connectivity index (χ1) is 16.1. The average molecular weight is 515 g/mol. The molecule has 2 aromatic heterocycles. The summed E-state index contributed by atoms with van der Waals surface area (Å²) in [5, 5.41) is 4.71. The molecule has 3 aromatic rings. The molecule has 35 heavy (non-hydrogen) atoms. The molecule has 7 nitrogen and oxygen atoms in total. The predicted octanol–water partition coefficient (Wildman–Crippen LogP) is 6.11. The number of nitrogens with one attached hydrogen (secondary N) is 2. The van der Waals surface area contributed by atoms with Gasteiger partial charge in [-0.05, 0) is 37.3 Å². The monoisotopic (exact) mass is 515 g/mol. The third kappa shape index (κ3) is 7.65. The molecule has 190 valence electrons. The van der Waals surface area contributed by atoms with Crippen molar-refractivity contribution >= 4 is 17.6 Å². The number of hydrogen-bond donors (Lipinski definition) is 2. The molecule has 0 unspecified atom stereocenters. The van der Waals surface area contributed by atoms with Gasteiger partial charge in [0, 0.05) is 5.69 Å². The number of alkyl halides is 9. The molecule has 0 saturated carbocycles. The smallest absolute Gasteiger partial charge is 0.422 e. The van der Waals surface area contributed by atoms with Gasteiger partial charge in [0.15, 0.2) is 6.61 Å². The van der Waals surface area contributed by atoms with Crippen LogP contribution in [0.1, 0.15) is 22.6 Å². The molecule has 0 aliphatic heterocycles. The number of ether oxygens (including phenoxy) is 1. The third-order valence-corrected chi connectivity index (χ3v) is 4.04. The van der Waals surface area contributed by atoms with Crippen LogP contribution in [0, 0.1) is 6.92 Å². The van der Waals surface area contributed by atoms with Crippen LogP contribution in [0.4, 0.5) is 57.1 Å². The lowest BCUT2D eigenvalue weighted by molar-refractivity contribution is -0.154. The van der Waals surface area contributed by atoms with Crippen molar-refractivity contribution in [2.75, 3.05) is 17.2 Å². The summed E-state index contributed by atoms with van der Waals surface area (Å²) in [6, 6.07) is 2.93. The first-order valence-electron chi connectivity index (χ1n) is 9.40. The molecule has 0 saturated heterocycles. The van der Waals surface area contributed by atoms with Crippen molar-refractivity contribution in [2.45, 2.75) is 32.0 Å². The summed E-state index contributed by atoms with van der Waals surface area (Å²) in [6.45, 7) is -0.214. The molecule has 0 bridgehead atoms. The zero-order valence-electron chi connectivity index (χ0n) is 17.4. The zero-order valence-corrected chi connectivity index (χ0v) is 17.4. The molecule has 0 aliphatic rings. The summed E-state index contributed by atoms with van der Waals surface area (Å²) in [7, 11) is 0. The van der Waals surface area contributed by atoms with Gasteiger partial charge in [-0.15, -0.1) is 0 Å². The van der Waals surface area contributed by atoms with Crippen molar-refractivity contribution in [3.05, 3.63) is 53.0 Å². The zero-order chi connectivity index (χ0) is 26.0. The van der Waals surface area contributed by atoms with Crippen molar-refractivity contribution in [3.63, 3.8) is 0 Å². The maximum atomic E-state index is 13.1. The Balaban J connectivity index is 1.94. The van der Waals surface area contributed by atoms with Crippen LogP contribution >= 0.6 is 0 Å². The minimum Gasteiger partial charge on any atom is -0.465 e. The Kier molecular flexibility index (Phi) is 7.03. The number of furan rings is 1. The third-order valence-electron chi connectivity index (χ3n) is 4.04. The highest BCUT2D eigenvalue weighted by molar-refractivity contribution is 5.58. The number of benzene rings is 1. The van der Waals surface area contributed by atoms with Crippen LogP contribution in [-0.2, 0) is 18.9 Å².